The Labute approximate surface area is 230 Å². The highest BCUT2D eigenvalue weighted by atomic mass is 16.2. The van der Waals surface area contributed by atoms with E-state index >= 15 is 0 Å². The molecule has 5 heteroatoms. The molecule has 1 heterocycles. The molecule has 6 rings (SSSR count). The first-order chi connectivity index (χ1) is 19.1. The number of hydrogen-bond acceptors (Lipinski definition) is 3. The highest BCUT2D eigenvalue weighted by molar-refractivity contribution is 6.11. The molecule has 0 saturated carbocycles. The molecule has 0 fully saturated rings. The van der Waals surface area contributed by atoms with Crippen molar-refractivity contribution in [3.05, 3.63) is 137 Å². The van der Waals surface area contributed by atoms with Crippen LogP contribution in [0.4, 0.5) is 16.2 Å². The third-order valence-electron chi connectivity index (χ3n) is 7.27. The summed E-state index contributed by atoms with van der Waals surface area (Å²) < 4.78 is 0. The van der Waals surface area contributed by atoms with Gasteiger partial charge in [0.15, 0.2) is 5.78 Å². The molecule has 0 atom stereocenters. The zero-order valence-corrected chi connectivity index (χ0v) is 22.2. The molecular formula is C34H33N3O2. The van der Waals surface area contributed by atoms with Gasteiger partial charge in [-0.2, -0.15) is 0 Å². The molecule has 0 bridgehead atoms. The lowest BCUT2D eigenvalue weighted by Gasteiger charge is -2.22. The highest BCUT2D eigenvalue weighted by Crippen LogP contribution is 2.36. The van der Waals surface area contributed by atoms with E-state index in [9.17, 15) is 9.59 Å². The second-order valence-corrected chi connectivity index (χ2v) is 9.74. The van der Waals surface area contributed by atoms with Gasteiger partial charge in [0, 0.05) is 12.0 Å². The van der Waals surface area contributed by atoms with E-state index in [0.717, 1.165) is 31.4 Å². The van der Waals surface area contributed by atoms with E-state index in [2.05, 4.69) is 59.9 Å². The standard InChI is InChI=1S/C19H21N.C15H12N2O2/c1-20-14-6-11-19-17-9-4-2-7-15(17)12-13-16-8-3-5-10-18(16)19;16-15(19)17-12-7-3-1-5-10(12)9-14(18)11-6-2-4-8-13(11)17/h2-5,7-11,20H,6,12-14H2,1H3;1-8H,9H2,(H2,16,19). The van der Waals surface area contributed by atoms with Crippen molar-refractivity contribution in [3.63, 3.8) is 0 Å². The number of fused-ring (bicyclic) bond motifs is 4. The predicted molar refractivity (Wildman–Crippen MR) is 159 cm³/mol. The van der Waals surface area contributed by atoms with Crippen LogP contribution in [0.3, 0.4) is 0 Å². The van der Waals surface area contributed by atoms with Gasteiger partial charge in [-0.25, -0.2) is 4.79 Å². The molecule has 5 nitrogen and oxygen atoms in total. The molecule has 39 heavy (non-hydrogen) atoms. The van der Waals surface area contributed by atoms with Crippen LogP contribution in [0.5, 0.6) is 0 Å². The SMILES string of the molecule is CNCCC=C1c2ccccc2CCc2ccccc21.NC(=O)N1c2ccccc2CC(=O)c2ccccc21. The third kappa shape index (κ3) is 5.54. The van der Waals surface area contributed by atoms with Gasteiger partial charge in [0.25, 0.3) is 0 Å². The number of carbonyl (C=O) groups excluding carboxylic acids is 2. The average Bonchev–Trinajstić information content (AvgIpc) is 3.20. The smallest absolute Gasteiger partial charge is 0.323 e. The first kappa shape index (κ1) is 26.1. The summed E-state index contributed by atoms with van der Waals surface area (Å²) in [5.74, 6) is -0.00759. The van der Waals surface area contributed by atoms with Crippen molar-refractivity contribution >= 4 is 28.8 Å². The number of hydrogen-bond donors (Lipinski definition) is 2. The number of ketones is 1. The van der Waals surface area contributed by atoms with Gasteiger partial charge in [-0.3, -0.25) is 9.69 Å². The van der Waals surface area contributed by atoms with E-state index in [-0.39, 0.29) is 12.2 Å². The number of anilines is 2. The van der Waals surface area contributed by atoms with Gasteiger partial charge in [-0.15, -0.1) is 0 Å². The van der Waals surface area contributed by atoms with E-state index in [4.69, 9.17) is 5.73 Å². The number of Topliss-reactive ketones (excluding diaryl/α,β-unsaturated/α-hetero) is 1. The van der Waals surface area contributed by atoms with E-state index in [1.807, 2.05) is 25.2 Å². The van der Waals surface area contributed by atoms with Crippen molar-refractivity contribution in [2.45, 2.75) is 25.7 Å². The molecule has 0 spiro atoms. The van der Waals surface area contributed by atoms with Gasteiger partial charge in [0.05, 0.1) is 11.4 Å². The number of para-hydroxylation sites is 2. The molecule has 2 aliphatic rings. The fraction of sp³-hybridized carbons (Fsp3) is 0.176. The molecule has 1 aliphatic heterocycles. The van der Waals surface area contributed by atoms with Crippen LogP contribution in [-0.4, -0.2) is 25.4 Å². The topological polar surface area (TPSA) is 75.4 Å². The number of urea groups is 1. The predicted octanol–water partition coefficient (Wildman–Crippen LogP) is 6.47. The Bertz CT molecular complexity index is 1490. The summed E-state index contributed by atoms with van der Waals surface area (Å²) in [6, 6.07) is 31.4. The highest BCUT2D eigenvalue weighted by Gasteiger charge is 2.27. The molecule has 196 valence electrons. The molecule has 0 aromatic heterocycles. The number of nitrogens with zero attached hydrogens (tertiary/aromatic N) is 1. The van der Waals surface area contributed by atoms with Gasteiger partial charge >= 0.3 is 6.03 Å². The van der Waals surface area contributed by atoms with E-state index in [0.29, 0.717) is 16.9 Å². The van der Waals surface area contributed by atoms with Crippen LogP contribution in [0.1, 0.15) is 44.6 Å². The first-order valence-corrected chi connectivity index (χ1v) is 13.4. The lowest BCUT2D eigenvalue weighted by atomic mass is 9.93. The fourth-order valence-corrected chi connectivity index (χ4v) is 5.42. The van der Waals surface area contributed by atoms with E-state index in [1.54, 1.807) is 30.3 Å². The van der Waals surface area contributed by atoms with E-state index in [1.165, 1.54) is 32.7 Å². The van der Waals surface area contributed by atoms with Crippen molar-refractivity contribution in [3.8, 4) is 0 Å². The quantitative estimate of drug-likeness (QED) is 0.307. The first-order valence-electron chi connectivity index (χ1n) is 13.4. The van der Waals surface area contributed by atoms with Gasteiger partial charge in [0.2, 0.25) is 0 Å². The Morgan fingerprint density at radius 3 is 1.87 bits per heavy atom. The van der Waals surface area contributed by atoms with Crippen molar-refractivity contribution in [1.82, 2.24) is 5.32 Å². The second kappa shape index (κ2) is 11.9. The normalized spacial score (nSPS) is 13.4. The summed E-state index contributed by atoms with van der Waals surface area (Å²) in [6.07, 6.45) is 6.00. The zero-order valence-electron chi connectivity index (χ0n) is 22.2. The number of nitrogens with one attached hydrogen (secondary N) is 1. The van der Waals surface area contributed by atoms with Crippen molar-refractivity contribution in [2.75, 3.05) is 18.5 Å². The van der Waals surface area contributed by atoms with Crippen LogP contribution in [0, 0.1) is 0 Å². The zero-order chi connectivity index (χ0) is 27.2. The van der Waals surface area contributed by atoms with Gasteiger partial charge in [-0.05, 0) is 84.4 Å². The van der Waals surface area contributed by atoms with Crippen LogP contribution >= 0.6 is 0 Å². The lowest BCUT2D eigenvalue weighted by Crippen LogP contribution is -2.32. The Balaban J connectivity index is 0.000000158. The third-order valence-corrected chi connectivity index (χ3v) is 7.27. The molecule has 0 radical (unpaired) electrons. The van der Waals surface area contributed by atoms with Crippen molar-refractivity contribution in [2.24, 2.45) is 5.73 Å². The Kier molecular flexibility index (Phi) is 7.99. The number of carbonyl (C=O) groups is 2. The second-order valence-electron chi connectivity index (χ2n) is 9.74. The van der Waals surface area contributed by atoms with Crippen LogP contribution < -0.4 is 16.0 Å². The summed E-state index contributed by atoms with van der Waals surface area (Å²) in [7, 11) is 2.01. The van der Waals surface area contributed by atoms with Crippen LogP contribution in [-0.2, 0) is 19.3 Å². The van der Waals surface area contributed by atoms with Crippen molar-refractivity contribution < 1.29 is 9.59 Å². The number of benzene rings is 4. The number of nitrogens with two attached hydrogens (primary N) is 1. The molecule has 3 N–H and O–H groups in total. The number of primary amides is 1. The summed E-state index contributed by atoms with van der Waals surface area (Å²) in [6.45, 7) is 1.02. The maximum atomic E-state index is 12.3. The maximum absolute atomic E-state index is 12.3. The van der Waals surface area contributed by atoms with Crippen LogP contribution in [0.2, 0.25) is 0 Å². The lowest BCUT2D eigenvalue weighted by molar-refractivity contribution is 0.0994. The Hall–Kier alpha value is -4.48. The number of aryl methyl sites for hydroxylation is 2. The molecule has 0 saturated heterocycles. The largest absolute Gasteiger partial charge is 0.351 e. The molecule has 4 aromatic rings. The molecule has 1 aliphatic carbocycles. The minimum absolute atomic E-state index is 0.00759. The van der Waals surface area contributed by atoms with Gasteiger partial charge in [-0.1, -0.05) is 84.9 Å². The number of amides is 2. The van der Waals surface area contributed by atoms with Crippen LogP contribution in [0.25, 0.3) is 5.57 Å². The Morgan fingerprint density at radius 1 is 0.769 bits per heavy atom. The minimum Gasteiger partial charge on any atom is -0.351 e. The van der Waals surface area contributed by atoms with Crippen LogP contribution in [0.15, 0.2) is 103 Å². The Morgan fingerprint density at radius 2 is 1.28 bits per heavy atom. The maximum Gasteiger partial charge on any atom is 0.323 e. The summed E-state index contributed by atoms with van der Waals surface area (Å²) in [5.41, 5.74) is 15.2. The van der Waals surface area contributed by atoms with Crippen molar-refractivity contribution in [1.29, 1.82) is 0 Å². The number of rotatable bonds is 3. The molecule has 4 aromatic carbocycles. The fourth-order valence-electron chi connectivity index (χ4n) is 5.42. The summed E-state index contributed by atoms with van der Waals surface area (Å²) >= 11 is 0. The van der Waals surface area contributed by atoms with Gasteiger partial charge < -0.3 is 11.1 Å². The molecule has 0 unspecified atom stereocenters. The summed E-state index contributed by atoms with van der Waals surface area (Å²) in [4.78, 5) is 25.4. The van der Waals surface area contributed by atoms with Gasteiger partial charge in [0.1, 0.15) is 0 Å². The summed E-state index contributed by atoms with van der Waals surface area (Å²) in [5, 5.41) is 3.23. The van der Waals surface area contributed by atoms with E-state index < -0.39 is 6.03 Å². The molecule has 2 amide bonds. The molecular weight excluding hydrogens is 482 g/mol. The minimum atomic E-state index is -0.588. The monoisotopic (exact) mass is 515 g/mol. The average molecular weight is 516 g/mol.